The molecule has 2 fully saturated rings. The Morgan fingerprint density at radius 1 is 1.25 bits per heavy atom. The molecule has 1 atom stereocenters. The molecule has 24 heavy (non-hydrogen) atoms. The van der Waals surface area contributed by atoms with Crippen LogP contribution in [0.5, 0.6) is 0 Å². The third-order valence-electron chi connectivity index (χ3n) is 4.62. The van der Waals surface area contributed by atoms with E-state index in [1.54, 1.807) is 18.2 Å². The second kappa shape index (κ2) is 6.04. The molecule has 1 aliphatic heterocycles. The van der Waals surface area contributed by atoms with E-state index in [4.69, 9.17) is 11.6 Å². The Morgan fingerprint density at radius 2 is 1.96 bits per heavy atom. The molecule has 8 heteroatoms. The van der Waals surface area contributed by atoms with Gasteiger partial charge in [0.15, 0.2) is 9.84 Å². The van der Waals surface area contributed by atoms with E-state index in [0.717, 1.165) is 5.56 Å². The number of hydrogen-bond donors (Lipinski definition) is 2. The first-order valence-corrected chi connectivity index (χ1v) is 10.0. The lowest BCUT2D eigenvalue weighted by molar-refractivity contribution is -0.134. The fraction of sp³-hybridized carbons (Fsp3) is 0.500. The van der Waals surface area contributed by atoms with Crippen LogP contribution in [-0.4, -0.2) is 37.8 Å². The average Bonchev–Trinajstić information content (AvgIpc) is 3.23. The van der Waals surface area contributed by atoms with Gasteiger partial charge in [-0.05, 0) is 49.9 Å². The van der Waals surface area contributed by atoms with Crippen LogP contribution in [0.15, 0.2) is 18.2 Å². The molecule has 0 spiro atoms. The topological polar surface area (TPSA) is 92.3 Å². The predicted octanol–water partition coefficient (Wildman–Crippen LogP) is 1.67. The number of rotatable bonds is 4. The molecule has 1 aliphatic carbocycles. The highest BCUT2D eigenvalue weighted by Gasteiger charge is 2.57. The summed E-state index contributed by atoms with van der Waals surface area (Å²) >= 11 is 5.90. The molecule has 0 bridgehead atoms. The second-order valence-corrected chi connectivity index (χ2v) is 9.23. The first-order valence-electron chi connectivity index (χ1n) is 7.81. The molecule has 0 aromatic heterocycles. The number of benzene rings is 1. The third kappa shape index (κ3) is 3.42. The summed E-state index contributed by atoms with van der Waals surface area (Å²) in [4.78, 5) is 25.0. The van der Waals surface area contributed by atoms with Gasteiger partial charge in [-0.25, -0.2) is 8.42 Å². The number of carbonyl (C=O) groups excluding carboxylic acids is 2. The monoisotopic (exact) mass is 370 g/mol. The number of amides is 2. The summed E-state index contributed by atoms with van der Waals surface area (Å²) in [5, 5.41) is 6.09. The van der Waals surface area contributed by atoms with Crippen molar-refractivity contribution in [3.8, 4) is 0 Å². The molecule has 0 radical (unpaired) electrons. The average molecular weight is 371 g/mol. The smallest absolute Gasteiger partial charge is 0.240 e. The highest BCUT2D eigenvalue weighted by Crippen LogP contribution is 2.47. The Hall–Kier alpha value is -1.60. The first kappa shape index (κ1) is 17.2. The van der Waals surface area contributed by atoms with Gasteiger partial charge in [0.1, 0.15) is 5.41 Å². The zero-order valence-corrected chi connectivity index (χ0v) is 14.8. The maximum atomic E-state index is 12.6. The van der Waals surface area contributed by atoms with E-state index in [0.29, 0.717) is 30.0 Å². The zero-order valence-electron chi connectivity index (χ0n) is 13.3. The molecule has 3 rings (SSSR count). The number of sulfone groups is 1. The van der Waals surface area contributed by atoms with Gasteiger partial charge in [0.2, 0.25) is 11.8 Å². The number of nitrogens with one attached hydrogen (secondary N) is 2. The lowest BCUT2D eigenvalue weighted by Crippen LogP contribution is -2.45. The van der Waals surface area contributed by atoms with Crippen LogP contribution in [0.1, 0.15) is 24.8 Å². The van der Waals surface area contributed by atoms with Crippen molar-refractivity contribution < 1.29 is 18.0 Å². The second-order valence-electron chi connectivity index (χ2n) is 6.57. The zero-order chi connectivity index (χ0) is 17.5. The van der Waals surface area contributed by atoms with Crippen molar-refractivity contribution in [3.05, 3.63) is 28.8 Å². The molecule has 6 nitrogen and oxygen atoms in total. The summed E-state index contributed by atoms with van der Waals surface area (Å²) in [5.41, 5.74) is 0.346. The fourth-order valence-electron chi connectivity index (χ4n) is 2.92. The van der Waals surface area contributed by atoms with Crippen molar-refractivity contribution in [2.45, 2.75) is 32.2 Å². The summed E-state index contributed by atoms with van der Waals surface area (Å²) in [7, 11) is -3.07. The minimum absolute atomic E-state index is 0.0489. The van der Waals surface area contributed by atoms with Crippen LogP contribution in [0, 0.1) is 12.3 Å². The lowest BCUT2D eigenvalue weighted by Gasteiger charge is -2.19. The van der Waals surface area contributed by atoms with Gasteiger partial charge in [0.05, 0.1) is 11.5 Å². The van der Waals surface area contributed by atoms with E-state index < -0.39 is 21.3 Å². The van der Waals surface area contributed by atoms with E-state index in [1.807, 2.05) is 6.92 Å². The van der Waals surface area contributed by atoms with Crippen LogP contribution >= 0.6 is 11.6 Å². The van der Waals surface area contributed by atoms with Gasteiger partial charge >= 0.3 is 0 Å². The number of halogens is 1. The van der Waals surface area contributed by atoms with Crippen LogP contribution in [0.2, 0.25) is 5.02 Å². The normalized spacial score (nSPS) is 23.5. The van der Waals surface area contributed by atoms with E-state index >= 15 is 0 Å². The number of hydrogen-bond acceptors (Lipinski definition) is 4. The van der Waals surface area contributed by atoms with E-state index in [-0.39, 0.29) is 23.3 Å². The maximum Gasteiger partial charge on any atom is 0.240 e. The molecule has 1 saturated carbocycles. The Balaban J connectivity index is 1.66. The van der Waals surface area contributed by atoms with E-state index in [2.05, 4.69) is 10.6 Å². The van der Waals surface area contributed by atoms with Gasteiger partial charge in [0.25, 0.3) is 0 Å². The van der Waals surface area contributed by atoms with Crippen LogP contribution < -0.4 is 10.6 Å². The van der Waals surface area contributed by atoms with Crippen LogP contribution in [-0.2, 0) is 19.4 Å². The van der Waals surface area contributed by atoms with Crippen molar-refractivity contribution in [2.24, 2.45) is 5.41 Å². The Morgan fingerprint density at radius 3 is 2.50 bits per heavy atom. The Kier molecular flexibility index (Phi) is 4.34. The number of anilines is 1. The van der Waals surface area contributed by atoms with Crippen molar-refractivity contribution in [3.63, 3.8) is 0 Å². The van der Waals surface area contributed by atoms with Gasteiger partial charge in [-0.3, -0.25) is 9.59 Å². The molecule has 1 heterocycles. The van der Waals surface area contributed by atoms with E-state index in [1.165, 1.54) is 0 Å². The summed E-state index contributed by atoms with van der Waals surface area (Å²) < 4.78 is 23.0. The molecule has 2 aliphatic rings. The number of aryl methyl sites for hydroxylation is 1. The highest BCUT2D eigenvalue weighted by molar-refractivity contribution is 7.91. The van der Waals surface area contributed by atoms with Crippen molar-refractivity contribution in [2.75, 3.05) is 16.8 Å². The van der Waals surface area contributed by atoms with Crippen LogP contribution in [0.4, 0.5) is 5.69 Å². The van der Waals surface area contributed by atoms with Crippen molar-refractivity contribution in [1.82, 2.24) is 5.32 Å². The predicted molar refractivity (Wildman–Crippen MR) is 91.7 cm³/mol. The van der Waals surface area contributed by atoms with Gasteiger partial charge < -0.3 is 10.6 Å². The van der Waals surface area contributed by atoms with Crippen molar-refractivity contribution in [1.29, 1.82) is 0 Å². The standard InChI is InChI=1S/C16H19ClN2O4S/c1-10-8-11(17)2-3-13(10)19-15(21)16(5-6-16)14(20)18-12-4-7-24(22,23)9-12/h2-3,8,12H,4-7,9H2,1H3,(H,18,20)(H,19,21). The van der Waals surface area contributed by atoms with Gasteiger partial charge in [-0.1, -0.05) is 11.6 Å². The minimum atomic E-state index is -3.07. The largest absolute Gasteiger partial charge is 0.351 e. The van der Waals surface area contributed by atoms with E-state index in [9.17, 15) is 18.0 Å². The van der Waals surface area contributed by atoms with Crippen molar-refractivity contribution >= 4 is 38.9 Å². The third-order valence-corrected chi connectivity index (χ3v) is 6.63. The van der Waals surface area contributed by atoms with Crippen LogP contribution in [0.25, 0.3) is 0 Å². The SMILES string of the molecule is Cc1cc(Cl)ccc1NC(=O)C1(C(=O)NC2CCS(=O)(=O)C2)CC1. The van der Waals surface area contributed by atoms with Gasteiger partial charge in [0, 0.05) is 16.8 Å². The molecule has 1 aromatic carbocycles. The molecule has 130 valence electrons. The summed E-state index contributed by atoms with van der Waals surface area (Å²) in [5.74, 6) is -0.701. The van der Waals surface area contributed by atoms with Crippen LogP contribution in [0.3, 0.4) is 0 Å². The minimum Gasteiger partial charge on any atom is -0.351 e. The number of carbonyl (C=O) groups is 2. The maximum absolute atomic E-state index is 12.6. The molecular formula is C16H19ClN2O4S. The van der Waals surface area contributed by atoms with Gasteiger partial charge in [-0.15, -0.1) is 0 Å². The molecule has 2 amide bonds. The highest BCUT2D eigenvalue weighted by atomic mass is 35.5. The Labute approximate surface area is 145 Å². The quantitative estimate of drug-likeness (QED) is 0.788. The van der Waals surface area contributed by atoms with Gasteiger partial charge in [-0.2, -0.15) is 0 Å². The summed E-state index contributed by atoms with van der Waals surface area (Å²) in [6.07, 6.45) is 1.34. The molecule has 1 unspecified atom stereocenters. The Bertz CT molecular complexity index is 802. The molecule has 2 N–H and O–H groups in total. The molecule has 1 saturated heterocycles. The summed E-state index contributed by atoms with van der Waals surface area (Å²) in [6, 6.07) is 4.71. The summed E-state index contributed by atoms with van der Waals surface area (Å²) in [6.45, 7) is 1.82. The lowest BCUT2D eigenvalue weighted by atomic mass is 10.0. The molecular weight excluding hydrogens is 352 g/mol. The first-order chi connectivity index (χ1) is 11.2. The fourth-order valence-corrected chi connectivity index (χ4v) is 4.82. The molecule has 1 aromatic rings.